The topological polar surface area (TPSA) is 68.3 Å². The Hall–Kier alpha value is -2.80. The number of amides is 1. The third kappa shape index (κ3) is 2.98. The monoisotopic (exact) mass is 466 g/mol. The minimum absolute atomic E-state index is 0.0571. The number of hydrogen-bond donors (Lipinski definition) is 0. The van der Waals surface area contributed by atoms with Gasteiger partial charge in [0.25, 0.3) is 0 Å². The van der Waals surface area contributed by atoms with E-state index in [2.05, 4.69) is 29.7 Å². The van der Waals surface area contributed by atoms with Gasteiger partial charge >= 0.3 is 5.97 Å². The van der Waals surface area contributed by atoms with Crippen LogP contribution in [0.1, 0.15) is 44.6 Å². The fraction of sp³-hybridized carbons (Fsp3) is 0.556. The number of anilines is 1. The lowest BCUT2D eigenvalue weighted by atomic mass is 9.55. The molecule has 7 heteroatoms. The summed E-state index contributed by atoms with van der Waals surface area (Å²) < 4.78 is 16.9. The van der Waals surface area contributed by atoms with Gasteiger partial charge in [0, 0.05) is 23.3 Å². The number of carbonyl (C=O) groups is 2. The summed E-state index contributed by atoms with van der Waals surface area (Å²) in [6.45, 7) is 7.94. The van der Waals surface area contributed by atoms with E-state index in [1.165, 1.54) is 7.11 Å². The standard InChI is InChI=1S/C27H34N2O5/c1-5-16-34-19-9-8-18-23(24(19)33-4)29(21(30)6-2)20-10-12-26(17-22(31)32-3)11-7-14-28-15-13-27(18,20)25(26)28/h5,8-10,12,20,25H,1,6-7,11,13-17H2,2-4H3/t20-,25-,26-,27-/m1/s1. The number of benzene rings is 1. The number of nitrogens with zero attached hydrogens (tertiary/aromatic N) is 2. The van der Waals surface area contributed by atoms with Crippen molar-refractivity contribution in [1.82, 2.24) is 4.90 Å². The Morgan fingerprint density at radius 3 is 2.76 bits per heavy atom. The Balaban J connectivity index is 1.74. The van der Waals surface area contributed by atoms with Crippen LogP contribution in [0.25, 0.3) is 0 Å². The Morgan fingerprint density at radius 1 is 1.24 bits per heavy atom. The largest absolute Gasteiger partial charge is 0.491 e. The third-order valence-corrected chi connectivity index (χ3v) is 8.39. The molecule has 0 bridgehead atoms. The molecule has 2 saturated heterocycles. The molecule has 1 aliphatic carbocycles. The van der Waals surface area contributed by atoms with Gasteiger partial charge in [-0.1, -0.05) is 37.8 Å². The number of rotatable bonds is 7. The molecule has 0 unspecified atom stereocenters. The number of fused-ring (bicyclic) bond motifs is 1. The average Bonchev–Trinajstić information content (AvgIpc) is 3.39. The number of piperidine rings is 1. The molecule has 34 heavy (non-hydrogen) atoms. The van der Waals surface area contributed by atoms with Crippen LogP contribution in [0.4, 0.5) is 5.69 Å². The lowest BCUT2D eigenvalue weighted by Crippen LogP contribution is -2.63. The van der Waals surface area contributed by atoms with Crippen LogP contribution in [0, 0.1) is 5.41 Å². The van der Waals surface area contributed by atoms with Gasteiger partial charge in [0.05, 0.1) is 32.4 Å². The van der Waals surface area contributed by atoms with E-state index in [0.717, 1.165) is 43.6 Å². The molecule has 1 amide bonds. The van der Waals surface area contributed by atoms with Crippen molar-refractivity contribution in [2.24, 2.45) is 5.41 Å². The molecule has 1 spiro atoms. The van der Waals surface area contributed by atoms with Gasteiger partial charge < -0.3 is 19.1 Å². The number of esters is 1. The van der Waals surface area contributed by atoms with Crippen LogP contribution in [-0.4, -0.2) is 62.8 Å². The molecule has 4 atom stereocenters. The maximum absolute atomic E-state index is 13.5. The highest BCUT2D eigenvalue weighted by Crippen LogP contribution is 2.65. The Labute approximate surface area is 201 Å². The molecule has 7 nitrogen and oxygen atoms in total. The molecule has 182 valence electrons. The van der Waals surface area contributed by atoms with Gasteiger partial charge in [0.2, 0.25) is 5.91 Å². The van der Waals surface area contributed by atoms with Gasteiger partial charge in [-0.25, -0.2) is 0 Å². The van der Waals surface area contributed by atoms with E-state index in [-0.39, 0.29) is 34.8 Å². The lowest BCUT2D eigenvalue weighted by Gasteiger charge is -2.55. The second-order valence-electron chi connectivity index (χ2n) is 9.83. The molecule has 1 aromatic rings. The molecular formula is C27H34N2O5. The van der Waals surface area contributed by atoms with Gasteiger partial charge in [-0.3, -0.25) is 14.5 Å². The zero-order chi connectivity index (χ0) is 24.1. The highest BCUT2D eigenvalue weighted by atomic mass is 16.5. The van der Waals surface area contributed by atoms with Crippen molar-refractivity contribution in [2.45, 2.75) is 56.5 Å². The Kier molecular flexibility index (Phi) is 5.71. The van der Waals surface area contributed by atoms with Crippen molar-refractivity contribution in [2.75, 3.05) is 38.8 Å². The molecule has 2 fully saturated rings. The highest BCUT2D eigenvalue weighted by molar-refractivity contribution is 6.00. The van der Waals surface area contributed by atoms with E-state index in [0.29, 0.717) is 30.9 Å². The summed E-state index contributed by atoms with van der Waals surface area (Å²) in [4.78, 5) is 30.5. The van der Waals surface area contributed by atoms with Gasteiger partial charge in [-0.2, -0.15) is 0 Å². The summed E-state index contributed by atoms with van der Waals surface area (Å²) in [5.74, 6) is 1.07. The van der Waals surface area contributed by atoms with Crippen LogP contribution in [0.3, 0.4) is 0 Å². The Morgan fingerprint density at radius 2 is 2.06 bits per heavy atom. The average molecular weight is 467 g/mol. The van der Waals surface area contributed by atoms with E-state index in [9.17, 15) is 9.59 Å². The van der Waals surface area contributed by atoms with Crippen LogP contribution in [-0.2, 0) is 19.7 Å². The van der Waals surface area contributed by atoms with Crippen molar-refractivity contribution in [3.63, 3.8) is 0 Å². The Bertz CT molecular complexity index is 1050. The van der Waals surface area contributed by atoms with E-state index in [1.54, 1.807) is 13.2 Å². The van der Waals surface area contributed by atoms with E-state index in [1.807, 2.05) is 17.9 Å². The minimum atomic E-state index is -0.313. The molecule has 4 aliphatic rings. The van der Waals surface area contributed by atoms with Gasteiger partial charge in [0.1, 0.15) is 6.61 Å². The first-order valence-corrected chi connectivity index (χ1v) is 12.2. The molecule has 0 saturated carbocycles. The summed E-state index contributed by atoms with van der Waals surface area (Å²) in [6, 6.07) is 4.06. The summed E-state index contributed by atoms with van der Waals surface area (Å²) in [5, 5.41) is 0. The first-order valence-electron chi connectivity index (χ1n) is 12.2. The molecule has 3 heterocycles. The normalized spacial score (nSPS) is 30.9. The first-order chi connectivity index (χ1) is 16.5. The zero-order valence-corrected chi connectivity index (χ0v) is 20.3. The number of ether oxygens (including phenoxy) is 3. The minimum Gasteiger partial charge on any atom is -0.491 e. The predicted molar refractivity (Wildman–Crippen MR) is 129 cm³/mol. The molecular weight excluding hydrogens is 432 g/mol. The van der Waals surface area contributed by atoms with Crippen LogP contribution < -0.4 is 14.4 Å². The fourth-order valence-corrected chi connectivity index (χ4v) is 7.28. The summed E-state index contributed by atoms with van der Waals surface area (Å²) in [6.07, 6.45) is 9.74. The van der Waals surface area contributed by atoms with Crippen molar-refractivity contribution in [1.29, 1.82) is 0 Å². The van der Waals surface area contributed by atoms with Crippen molar-refractivity contribution >= 4 is 17.6 Å². The van der Waals surface area contributed by atoms with Crippen LogP contribution in [0.5, 0.6) is 11.5 Å². The maximum atomic E-state index is 13.5. The van der Waals surface area contributed by atoms with Crippen LogP contribution in [0.2, 0.25) is 0 Å². The lowest BCUT2D eigenvalue weighted by molar-refractivity contribution is -0.145. The second-order valence-corrected chi connectivity index (χ2v) is 9.83. The number of methoxy groups -OCH3 is 2. The van der Waals surface area contributed by atoms with Gasteiger partial charge in [0.15, 0.2) is 11.5 Å². The SMILES string of the molecule is C=CCOc1ccc2c(c1OC)N(C(=O)CC)[C@@H]1C=C[C@@]3(CC(=O)OC)CCCN4CC[C@@]21[C@H]43. The zero-order valence-electron chi connectivity index (χ0n) is 20.3. The van der Waals surface area contributed by atoms with Crippen molar-refractivity contribution in [3.8, 4) is 11.5 Å². The summed E-state index contributed by atoms with van der Waals surface area (Å²) in [5.41, 5.74) is 1.31. The summed E-state index contributed by atoms with van der Waals surface area (Å²) in [7, 11) is 3.09. The highest BCUT2D eigenvalue weighted by Gasteiger charge is 2.68. The molecule has 0 radical (unpaired) electrons. The molecule has 1 aromatic carbocycles. The predicted octanol–water partition coefficient (Wildman–Crippen LogP) is 3.61. The first kappa shape index (κ1) is 23.0. The summed E-state index contributed by atoms with van der Waals surface area (Å²) >= 11 is 0. The van der Waals surface area contributed by atoms with E-state index >= 15 is 0 Å². The number of carbonyl (C=O) groups excluding carboxylic acids is 2. The third-order valence-electron chi connectivity index (χ3n) is 8.39. The van der Waals surface area contributed by atoms with Crippen LogP contribution >= 0.6 is 0 Å². The molecule has 0 N–H and O–H groups in total. The van der Waals surface area contributed by atoms with Gasteiger partial charge in [-0.15, -0.1) is 0 Å². The number of hydrogen-bond acceptors (Lipinski definition) is 6. The van der Waals surface area contributed by atoms with Crippen molar-refractivity contribution in [3.05, 3.63) is 42.5 Å². The smallest absolute Gasteiger partial charge is 0.306 e. The van der Waals surface area contributed by atoms with Crippen molar-refractivity contribution < 1.29 is 23.8 Å². The maximum Gasteiger partial charge on any atom is 0.306 e. The van der Waals surface area contributed by atoms with E-state index in [4.69, 9.17) is 14.2 Å². The van der Waals surface area contributed by atoms with Gasteiger partial charge in [-0.05, 0) is 44.0 Å². The van der Waals surface area contributed by atoms with E-state index < -0.39 is 0 Å². The van der Waals surface area contributed by atoms with Crippen LogP contribution in [0.15, 0.2) is 36.9 Å². The molecule has 3 aliphatic heterocycles. The quantitative estimate of drug-likeness (QED) is 0.452. The molecule has 5 rings (SSSR count). The fourth-order valence-electron chi connectivity index (χ4n) is 7.28. The second kappa shape index (κ2) is 8.45. The molecule has 0 aromatic heterocycles.